The molecule has 0 heterocycles. The van der Waals surface area contributed by atoms with Crippen LogP contribution < -0.4 is 11.1 Å². The SMILES string of the molecule is CC(C)N(CC(=O)NC1CC1)Cc1cccc(N)c1. The van der Waals surface area contributed by atoms with Gasteiger partial charge in [-0.15, -0.1) is 0 Å². The molecule has 2 rings (SSSR count). The summed E-state index contributed by atoms with van der Waals surface area (Å²) in [7, 11) is 0. The third kappa shape index (κ3) is 4.56. The topological polar surface area (TPSA) is 58.4 Å². The maximum absolute atomic E-state index is 11.9. The van der Waals surface area contributed by atoms with E-state index in [4.69, 9.17) is 5.73 Å². The zero-order valence-electron chi connectivity index (χ0n) is 11.7. The summed E-state index contributed by atoms with van der Waals surface area (Å²) in [6.45, 7) is 5.41. The molecule has 4 heteroatoms. The lowest BCUT2D eigenvalue weighted by molar-refractivity contribution is -0.123. The van der Waals surface area contributed by atoms with Crippen LogP contribution in [0.2, 0.25) is 0 Å². The van der Waals surface area contributed by atoms with Crippen LogP contribution in [0.3, 0.4) is 0 Å². The molecule has 1 aliphatic carbocycles. The minimum atomic E-state index is 0.125. The van der Waals surface area contributed by atoms with Gasteiger partial charge in [0, 0.05) is 24.3 Å². The Hall–Kier alpha value is -1.55. The van der Waals surface area contributed by atoms with Crippen LogP contribution in [0.4, 0.5) is 5.69 Å². The van der Waals surface area contributed by atoms with Gasteiger partial charge in [0.25, 0.3) is 0 Å². The fourth-order valence-electron chi connectivity index (χ4n) is 2.03. The summed E-state index contributed by atoms with van der Waals surface area (Å²) in [5, 5.41) is 3.03. The first-order chi connectivity index (χ1) is 9.04. The molecule has 3 N–H and O–H groups in total. The lowest BCUT2D eigenvalue weighted by Gasteiger charge is -2.26. The minimum absolute atomic E-state index is 0.125. The summed E-state index contributed by atoms with van der Waals surface area (Å²) in [5.74, 6) is 0.125. The Bertz CT molecular complexity index is 441. The van der Waals surface area contributed by atoms with Gasteiger partial charge >= 0.3 is 0 Å². The fourth-order valence-corrected chi connectivity index (χ4v) is 2.03. The molecular formula is C15H23N3O. The Labute approximate surface area is 115 Å². The molecule has 104 valence electrons. The molecule has 0 bridgehead atoms. The van der Waals surface area contributed by atoms with Gasteiger partial charge in [-0.1, -0.05) is 12.1 Å². The van der Waals surface area contributed by atoms with E-state index in [0.29, 0.717) is 18.6 Å². The first-order valence-corrected chi connectivity index (χ1v) is 6.92. The van der Waals surface area contributed by atoms with E-state index in [9.17, 15) is 4.79 Å². The van der Waals surface area contributed by atoms with Crippen molar-refractivity contribution in [3.05, 3.63) is 29.8 Å². The normalized spacial score (nSPS) is 14.9. The number of nitrogen functional groups attached to an aromatic ring is 1. The van der Waals surface area contributed by atoms with Crippen molar-refractivity contribution in [2.45, 2.75) is 45.3 Å². The number of carbonyl (C=O) groups is 1. The predicted octanol–water partition coefficient (Wildman–Crippen LogP) is 1.76. The molecule has 0 saturated heterocycles. The quantitative estimate of drug-likeness (QED) is 0.767. The Morgan fingerprint density at radius 3 is 2.79 bits per heavy atom. The molecule has 1 saturated carbocycles. The highest BCUT2D eigenvalue weighted by molar-refractivity contribution is 5.78. The van der Waals surface area contributed by atoms with Gasteiger partial charge in [-0.2, -0.15) is 0 Å². The smallest absolute Gasteiger partial charge is 0.234 e. The van der Waals surface area contributed by atoms with Crippen LogP contribution in [0.1, 0.15) is 32.3 Å². The minimum Gasteiger partial charge on any atom is -0.399 e. The first-order valence-electron chi connectivity index (χ1n) is 6.92. The standard InChI is InChI=1S/C15H23N3O/c1-11(2)18(10-15(19)17-14-6-7-14)9-12-4-3-5-13(16)8-12/h3-5,8,11,14H,6-7,9-10,16H2,1-2H3,(H,17,19). The zero-order chi connectivity index (χ0) is 13.8. The lowest BCUT2D eigenvalue weighted by atomic mass is 10.1. The molecule has 0 aliphatic heterocycles. The van der Waals surface area contributed by atoms with Gasteiger partial charge in [0.1, 0.15) is 0 Å². The molecule has 1 fully saturated rings. The highest BCUT2D eigenvalue weighted by atomic mass is 16.2. The van der Waals surface area contributed by atoms with Crippen LogP contribution in [0.15, 0.2) is 24.3 Å². The molecule has 0 aromatic heterocycles. The zero-order valence-corrected chi connectivity index (χ0v) is 11.7. The van der Waals surface area contributed by atoms with Crippen LogP contribution in [0.5, 0.6) is 0 Å². The van der Waals surface area contributed by atoms with Crippen LogP contribution >= 0.6 is 0 Å². The molecular weight excluding hydrogens is 238 g/mol. The maximum Gasteiger partial charge on any atom is 0.234 e. The van der Waals surface area contributed by atoms with E-state index in [2.05, 4.69) is 24.1 Å². The van der Waals surface area contributed by atoms with Crippen LogP contribution in [0.25, 0.3) is 0 Å². The summed E-state index contributed by atoms with van der Waals surface area (Å²) in [4.78, 5) is 14.0. The van der Waals surface area contributed by atoms with Crippen molar-refractivity contribution in [2.75, 3.05) is 12.3 Å². The predicted molar refractivity (Wildman–Crippen MR) is 77.6 cm³/mol. The average Bonchev–Trinajstić information content (AvgIpc) is 3.12. The van der Waals surface area contributed by atoms with Crippen LogP contribution in [-0.2, 0) is 11.3 Å². The number of hydrogen-bond acceptors (Lipinski definition) is 3. The number of hydrogen-bond donors (Lipinski definition) is 2. The van der Waals surface area contributed by atoms with Gasteiger partial charge in [-0.05, 0) is 44.4 Å². The van der Waals surface area contributed by atoms with Gasteiger partial charge in [-0.25, -0.2) is 0 Å². The molecule has 0 atom stereocenters. The summed E-state index contributed by atoms with van der Waals surface area (Å²) in [5.41, 5.74) is 7.70. The summed E-state index contributed by atoms with van der Waals surface area (Å²) in [6.07, 6.45) is 2.26. The van der Waals surface area contributed by atoms with E-state index in [-0.39, 0.29) is 5.91 Å². The van der Waals surface area contributed by atoms with Gasteiger partial charge < -0.3 is 11.1 Å². The van der Waals surface area contributed by atoms with E-state index in [1.807, 2.05) is 24.3 Å². The van der Waals surface area contributed by atoms with E-state index in [0.717, 1.165) is 30.6 Å². The number of anilines is 1. The van der Waals surface area contributed by atoms with Crippen molar-refractivity contribution in [3.63, 3.8) is 0 Å². The van der Waals surface area contributed by atoms with Gasteiger partial charge in [0.15, 0.2) is 0 Å². The maximum atomic E-state index is 11.9. The fraction of sp³-hybridized carbons (Fsp3) is 0.533. The third-order valence-electron chi connectivity index (χ3n) is 3.36. The highest BCUT2D eigenvalue weighted by Crippen LogP contribution is 2.18. The number of carbonyl (C=O) groups excluding carboxylic acids is 1. The second-order valence-electron chi connectivity index (χ2n) is 5.59. The molecule has 1 aliphatic rings. The summed E-state index contributed by atoms with van der Waals surface area (Å²) < 4.78 is 0. The van der Waals surface area contributed by atoms with Gasteiger partial charge in [0.05, 0.1) is 6.54 Å². The summed E-state index contributed by atoms with van der Waals surface area (Å²) >= 11 is 0. The van der Waals surface area contributed by atoms with Gasteiger partial charge in [0.2, 0.25) is 5.91 Å². The number of benzene rings is 1. The van der Waals surface area contributed by atoms with Crippen LogP contribution in [-0.4, -0.2) is 29.4 Å². The highest BCUT2D eigenvalue weighted by Gasteiger charge is 2.24. The molecule has 1 aromatic carbocycles. The second kappa shape index (κ2) is 6.06. The molecule has 0 radical (unpaired) electrons. The van der Waals surface area contributed by atoms with Gasteiger partial charge in [-0.3, -0.25) is 9.69 Å². The third-order valence-corrected chi connectivity index (χ3v) is 3.36. The number of nitrogens with one attached hydrogen (secondary N) is 1. The average molecular weight is 261 g/mol. The number of amides is 1. The largest absolute Gasteiger partial charge is 0.399 e. The number of rotatable bonds is 6. The monoisotopic (exact) mass is 261 g/mol. The van der Waals surface area contributed by atoms with Crippen molar-refractivity contribution in [3.8, 4) is 0 Å². The Balaban J connectivity index is 1.93. The van der Waals surface area contributed by atoms with Crippen molar-refractivity contribution >= 4 is 11.6 Å². The van der Waals surface area contributed by atoms with E-state index in [1.165, 1.54) is 0 Å². The molecule has 1 amide bonds. The Kier molecular flexibility index (Phi) is 4.43. The molecule has 0 spiro atoms. The van der Waals surface area contributed by atoms with Crippen molar-refractivity contribution in [1.82, 2.24) is 10.2 Å². The molecule has 4 nitrogen and oxygen atoms in total. The molecule has 19 heavy (non-hydrogen) atoms. The van der Waals surface area contributed by atoms with E-state index < -0.39 is 0 Å². The molecule has 1 aromatic rings. The Morgan fingerprint density at radius 1 is 1.47 bits per heavy atom. The van der Waals surface area contributed by atoms with E-state index >= 15 is 0 Å². The summed E-state index contributed by atoms with van der Waals surface area (Å²) in [6, 6.07) is 8.59. The van der Waals surface area contributed by atoms with E-state index in [1.54, 1.807) is 0 Å². The lowest BCUT2D eigenvalue weighted by Crippen LogP contribution is -2.41. The van der Waals surface area contributed by atoms with Crippen molar-refractivity contribution in [1.29, 1.82) is 0 Å². The number of nitrogens with zero attached hydrogens (tertiary/aromatic N) is 1. The second-order valence-corrected chi connectivity index (χ2v) is 5.59. The molecule has 0 unspecified atom stereocenters. The first kappa shape index (κ1) is 13.9. The van der Waals surface area contributed by atoms with Crippen LogP contribution in [0, 0.1) is 0 Å². The Morgan fingerprint density at radius 2 is 2.21 bits per heavy atom. The number of nitrogens with two attached hydrogens (primary N) is 1. The van der Waals surface area contributed by atoms with Crippen molar-refractivity contribution < 1.29 is 4.79 Å². The van der Waals surface area contributed by atoms with Crippen molar-refractivity contribution in [2.24, 2.45) is 0 Å².